The highest BCUT2D eigenvalue weighted by atomic mass is 32.1. The van der Waals surface area contributed by atoms with Crippen LogP contribution < -0.4 is 10.3 Å². The first-order valence-corrected chi connectivity index (χ1v) is 10.8. The van der Waals surface area contributed by atoms with Gasteiger partial charge in [0.1, 0.15) is 0 Å². The van der Waals surface area contributed by atoms with Crippen molar-refractivity contribution in [3.05, 3.63) is 69.1 Å². The van der Waals surface area contributed by atoms with Crippen LogP contribution in [-0.2, 0) is 6.18 Å². The second-order valence-corrected chi connectivity index (χ2v) is 8.28. The Morgan fingerprint density at radius 3 is 2.66 bits per heavy atom. The Morgan fingerprint density at radius 1 is 1.12 bits per heavy atom. The summed E-state index contributed by atoms with van der Waals surface area (Å²) in [5.41, 5.74) is -1.25. The van der Waals surface area contributed by atoms with Gasteiger partial charge in [-0.15, -0.1) is 11.3 Å². The number of aryl methyl sites for hydroxylation is 1. The van der Waals surface area contributed by atoms with E-state index in [1.165, 1.54) is 34.2 Å². The third-order valence-electron chi connectivity index (χ3n) is 5.20. The van der Waals surface area contributed by atoms with Crippen LogP contribution >= 0.6 is 11.3 Å². The third kappa shape index (κ3) is 4.52. The highest BCUT2D eigenvalue weighted by Gasteiger charge is 2.31. The lowest BCUT2D eigenvalue weighted by Gasteiger charge is -2.21. The van der Waals surface area contributed by atoms with Crippen LogP contribution in [0.15, 0.2) is 46.7 Å². The van der Waals surface area contributed by atoms with E-state index in [2.05, 4.69) is 15.0 Å². The van der Waals surface area contributed by atoms with Crippen LogP contribution in [0.2, 0.25) is 0 Å². The number of benzene rings is 1. The highest BCUT2D eigenvalue weighted by molar-refractivity contribution is 7.13. The highest BCUT2D eigenvalue weighted by Crippen LogP contribution is 2.30. The van der Waals surface area contributed by atoms with Gasteiger partial charge in [0.2, 0.25) is 5.43 Å². The molecule has 0 radical (unpaired) electrons. The van der Waals surface area contributed by atoms with Gasteiger partial charge in [-0.25, -0.2) is 9.67 Å². The lowest BCUT2D eigenvalue weighted by atomic mass is 10.2. The number of thiazole rings is 1. The zero-order chi connectivity index (χ0) is 22.9. The van der Waals surface area contributed by atoms with Gasteiger partial charge < -0.3 is 9.80 Å². The van der Waals surface area contributed by atoms with Crippen molar-refractivity contribution in [2.75, 3.05) is 31.1 Å². The summed E-state index contributed by atoms with van der Waals surface area (Å²) >= 11 is 1.52. The van der Waals surface area contributed by atoms with E-state index < -0.39 is 23.1 Å². The standard InChI is InChI=1S/C21H20F3N5O2S/c1-14-12-17(30)18(26-29(14)16-5-2-4-15(13-16)21(22,23)24)19(31)27-7-3-8-28(10-9-27)20-25-6-11-32-20/h2,4-6,11-13H,3,7-10H2,1H3. The molecule has 32 heavy (non-hydrogen) atoms. The van der Waals surface area contributed by atoms with E-state index in [0.717, 1.165) is 23.8 Å². The summed E-state index contributed by atoms with van der Waals surface area (Å²) in [4.78, 5) is 33.6. The molecule has 4 rings (SSSR count). The second kappa shape index (κ2) is 8.73. The Morgan fingerprint density at radius 2 is 1.94 bits per heavy atom. The Hall–Kier alpha value is -3.21. The van der Waals surface area contributed by atoms with Crippen LogP contribution in [0, 0.1) is 6.92 Å². The monoisotopic (exact) mass is 463 g/mol. The Kier molecular flexibility index (Phi) is 6.00. The van der Waals surface area contributed by atoms with Gasteiger partial charge in [-0.3, -0.25) is 9.59 Å². The molecule has 1 aliphatic heterocycles. The number of rotatable bonds is 3. The molecule has 0 aliphatic carbocycles. The largest absolute Gasteiger partial charge is 0.416 e. The van der Waals surface area contributed by atoms with Crippen molar-refractivity contribution in [2.24, 2.45) is 0 Å². The first kappa shape index (κ1) is 22.0. The molecule has 1 aromatic carbocycles. The van der Waals surface area contributed by atoms with Gasteiger partial charge in [-0.1, -0.05) is 6.07 Å². The normalized spacial score (nSPS) is 15.0. The summed E-state index contributed by atoms with van der Waals surface area (Å²) in [6.07, 6.45) is -2.10. The Labute approximate surface area is 185 Å². The fourth-order valence-electron chi connectivity index (χ4n) is 3.60. The maximum absolute atomic E-state index is 13.1. The first-order chi connectivity index (χ1) is 15.2. The molecule has 168 valence electrons. The van der Waals surface area contributed by atoms with Crippen LogP contribution in [0.3, 0.4) is 0 Å². The molecule has 0 unspecified atom stereocenters. The molecule has 1 amide bonds. The molecule has 2 aromatic heterocycles. The zero-order valence-electron chi connectivity index (χ0n) is 17.2. The van der Waals surface area contributed by atoms with Crippen molar-refractivity contribution in [1.82, 2.24) is 19.7 Å². The van der Waals surface area contributed by atoms with Crippen LogP contribution in [-0.4, -0.2) is 51.8 Å². The summed E-state index contributed by atoms with van der Waals surface area (Å²) in [5.74, 6) is -0.531. The van der Waals surface area contributed by atoms with E-state index in [0.29, 0.717) is 31.7 Å². The Bertz CT molecular complexity index is 1180. The molecule has 1 saturated heterocycles. The molecule has 3 aromatic rings. The van der Waals surface area contributed by atoms with E-state index in [9.17, 15) is 22.8 Å². The number of carbonyl (C=O) groups is 1. The van der Waals surface area contributed by atoms with Crippen LogP contribution in [0.25, 0.3) is 5.69 Å². The van der Waals surface area contributed by atoms with E-state index in [1.807, 2.05) is 5.38 Å². The molecule has 3 heterocycles. The van der Waals surface area contributed by atoms with Crippen molar-refractivity contribution < 1.29 is 18.0 Å². The summed E-state index contributed by atoms with van der Waals surface area (Å²) in [7, 11) is 0. The minimum atomic E-state index is -4.52. The molecule has 7 nitrogen and oxygen atoms in total. The number of alkyl halides is 3. The molecular formula is C21H20F3N5O2S. The predicted molar refractivity (Wildman–Crippen MR) is 114 cm³/mol. The number of amides is 1. The van der Waals surface area contributed by atoms with Gasteiger partial charge in [0, 0.05) is 49.5 Å². The fraction of sp³-hybridized carbons (Fsp3) is 0.333. The fourth-order valence-corrected chi connectivity index (χ4v) is 4.30. The number of hydrogen-bond acceptors (Lipinski definition) is 6. The lowest BCUT2D eigenvalue weighted by Crippen LogP contribution is -2.38. The number of hydrogen-bond donors (Lipinski definition) is 0. The summed E-state index contributed by atoms with van der Waals surface area (Å²) in [5, 5.41) is 6.92. The lowest BCUT2D eigenvalue weighted by molar-refractivity contribution is -0.137. The molecule has 0 atom stereocenters. The first-order valence-electron chi connectivity index (χ1n) is 9.96. The van der Waals surface area contributed by atoms with Gasteiger partial charge in [-0.05, 0) is 31.5 Å². The predicted octanol–water partition coefficient (Wildman–Crippen LogP) is 3.37. The van der Waals surface area contributed by atoms with Gasteiger partial charge >= 0.3 is 6.18 Å². The SMILES string of the molecule is Cc1cc(=O)c(C(=O)N2CCCN(c3nccs3)CC2)nn1-c1cccc(C(F)(F)F)c1. The van der Waals surface area contributed by atoms with Crippen LogP contribution in [0.5, 0.6) is 0 Å². The number of halogens is 3. The summed E-state index contributed by atoms with van der Waals surface area (Å²) in [6, 6.07) is 5.84. The summed E-state index contributed by atoms with van der Waals surface area (Å²) in [6.45, 7) is 3.68. The maximum atomic E-state index is 13.1. The second-order valence-electron chi connectivity index (χ2n) is 7.41. The van der Waals surface area contributed by atoms with E-state index in [-0.39, 0.29) is 11.4 Å². The topological polar surface area (TPSA) is 71.3 Å². The van der Waals surface area contributed by atoms with E-state index >= 15 is 0 Å². The smallest absolute Gasteiger partial charge is 0.346 e. The third-order valence-corrected chi connectivity index (χ3v) is 6.03. The molecular weight excluding hydrogens is 443 g/mol. The molecule has 1 aliphatic rings. The Balaban J connectivity index is 1.62. The van der Waals surface area contributed by atoms with Gasteiger partial charge in [0.25, 0.3) is 5.91 Å². The number of carbonyl (C=O) groups excluding carboxylic acids is 1. The molecule has 0 bridgehead atoms. The van der Waals surface area contributed by atoms with Gasteiger partial charge in [0.15, 0.2) is 10.8 Å². The minimum absolute atomic E-state index is 0.122. The maximum Gasteiger partial charge on any atom is 0.416 e. The van der Waals surface area contributed by atoms with Gasteiger partial charge in [0.05, 0.1) is 11.3 Å². The average molecular weight is 463 g/mol. The molecule has 0 N–H and O–H groups in total. The van der Waals surface area contributed by atoms with Crippen LogP contribution in [0.1, 0.15) is 28.2 Å². The van der Waals surface area contributed by atoms with E-state index in [4.69, 9.17) is 0 Å². The average Bonchev–Trinajstić information content (AvgIpc) is 3.17. The van der Waals surface area contributed by atoms with Crippen molar-refractivity contribution in [1.29, 1.82) is 0 Å². The number of nitrogens with zero attached hydrogens (tertiary/aromatic N) is 5. The zero-order valence-corrected chi connectivity index (χ0v) is 18.0. The molecule has 0 spiro atoms. The van der Waals surface area contributed by atoms with Crippen molar-refractivity contribution >= 4 is 22.4 Å². The van der Waals surface area contributed by atoms with E-state index in [1.54, 1.807) is 18.0 Å². The van der Waals surface area contributed by atoms with Crippen molar-refractivity contribution in [3.8, 4) is 5.69 Å². The number of aromatic nitrogens is 3. The van der Waals surface area contributed by atoms with Crippen molar-refractivity contribution in [3.63, 3.8) is 0 Å². The van der Waals surface area contributed by atoms with Crippen molar-refractivity contribution in [2.45, 2.75) is 19.5 Å². The minimum Gasteiger partial charge on any atom is -0.346 e. The molecule has 0 saturated carbocycles. The molecule has 1 fully saturated rings. The number of anilines is 1. The van der Waals surface area contributed by atoms with Crippen LogP contribution in [0.4, 0.5) is 18.3 Å². The molecule has 11 heteroatoms. The van der Waals surface area contributed by atoms with Gasteiger partial charge in [-0.2, -0.15) is 18.3 Å². The quantitative estimate of drug-likeness (QED) is 0.596. The summed E-state index contributed by atoms with van der Waals surface area (Å²) < 4.78 is 40.6.